The molecule has 1 amide bonds. The van der Waals surface area contributed by atoms with Crippen LogP contribution in [-0.2, 0) is 9.36 Å². The first-order chi connectivity index (χ1) is 5.43. The Morgan fingerprint density at radius 3 is 2.50 bits per heavy atom. The van der Waals surface area contributed by atoms with Gasteiger partial charge in [0.15, 0.2) is 0 Å². The van der Waals surface area contributed by atoms with Gasteiger partial charge in [0.25, 0.3) is 0 Å². The van der Waals surface area contributed by atoms with Gasteiger partial charge in [-0.05, 0) is 12.8 Å². The van der Waals surface area contributed by atoms with Gasteiger partial charge >= 0.3 is 7.59 Å². The smallest absolute Gasteiger partial charge is 0.302 e. The van der Waals surface area contributed by atoms with E-state index in [9.17, 15) is 9.36 Å². The first kappa shape index (κ1) is 9.67. The van der Waals surface area contributed by atoms with Gasteiger partial charge in [-0.25, -0.2) is 0 Å². The SMILES string of the molecule is N[C@H]1CCCN(P(N)(N)=O)C1=O. The van der Waals surface area contributed by atoms with Gasteiger partial charge in [-0.3, -0.25) is 25.0 Å². The molecule has 1 atom stereocenters. The van der Waals surface area contributed by atoms with Crippen LogP contribution in [0.15, 0.2) is 0 Å². The molecule has 6 nitrogen and oxygen atoms in total. The van der Waals surface area contributed by atoms with Gasteiger partial charge in [0, 0.05) is 6.54 Å². The maximum absolute atomic E-state index is 11.2. The van der Waals surface area contributed by atoms with Crippen molar-refractivity contribution in [1.29, 1.82) is 0 Å². The van der Waals surface area contributed by atoms with Crippen LogP contribution in [0, 0.1) is 0 Å². The van der Waals surface area contributed by atoms with Crippen LogP contribution in [0.1, 0.15) is 12.8 Å². The highest BCUT2D eigenvalue weighted by atomic mass is 31.2. The van der Waals surface area contributed by atoms with Crippen LogP contribution < -0.4 is 16.7 Å². The zero-order valence-corrected chi connectivity index (χ0v) is 7.54. The molecule has 0 radical (unpaired) electrons. The molecular weight excluding hydrogens is 179 g/mol. The Labute approximate surface area is 70.6 Å². The number of carbonyl (C=O) groups is 1. The fourth-order valence-electron chi connectivity index (χ4n) is 1.20. The molecule has 1 fully saturated rings. The number of amides is 1. The number of piperidine rings is 1. The molecule has 0 unspecified atom stereocenters. The summed E-state index contributed by atoms with van der Waals surface area (Å²) in [4.78, 5) is 11.2. The van der Waals surface area contributed by atoms with Gasteiger partial charge in [-0.1, -0.05) is 0 Å². The third kappa shape index (κ3) is 1.84. The molecule has 1 saturated heterocycles. The predicted molar refractivity (Wildman–Crippen MR) is 44.9 cm³/mol. The number of carbonyl (C=O) groups excluding carboxylic acids is 1. The van der Waals surface area contributed by atoms with Gasteiger partial charge in [0.05, 0.1) is 6.04 Å². The van der Waals surface area contributed by atoms with Crippen molar-refractivity contribution >= 4 is 13.5 Å². The molecule has 0 bridgehead atoms. The van der Waals surface area contributed by atoms with Crippen molar-refractivity contribution in [3.63, 3.8) is 0 Å². The minimum absolute atomic E-state index is 0.344. The van der Waals surface area contributed by atoms with Crippen LogP contribution in [0.4, 0.5) is 0 Å². The molecule has 0 aromatic heterocycles. The van der Waals surface area contributed by atoms with Crippen molar-refractivity contribution in [2.75, 3.05) is 6.54 Å². The second kappa shape index (κ2) is 3.14. The maximum Gasteiger partial charge on any atom is 0.302 e. The Bertz CT molecular complexity index is 238. The molecule has 1 aliphatic rings. The molecule has 0 aromatic rings. The fourth-order valence-corrected chi connectivity index (χ4v) is 2.11. The van der Waals surface area contributed by atoms with Crippen molar-refractivity contribution in [2.45, 2.75) is 18.9 Å². The van der Waals surface area contributed by atoms with Crippen LogP contribution in [-0.4, -0.2) is 23.2 Å². The predicted octanol–water partition coefficient (Wildman–Crippen LogP) is -1.04. The Morgan fingerprint density at radius 1 is 1.50 bits per heavy atom. The molecule has 12 heavy (non-hydrogen) atoms. The third-order valence-electron chi connectivity index (χ3n) is 1.83. The summed E-state index contributed by atoms with van der Waals surface area (Å²) in [6, 6.07) is -0.598. The van der Waals surface area contributed by atoms with Gasteiger partial charge in [0.1, 0.15) is 0 Å². The summed E-state index contributed by atoms with van der Waals surface area (Å²) in [7, 11) is -3.43. The van der Waals surface area contributed by atoms with E-state index < -0.39 is 19.5 Å². The van der Waals surface area contributed by atoms with E-state index in [4.69, 9.17) is 16.7 Å². The van der Waals surface area contributed by atoms with Crippen LogP contribution in [0.5, 0.6) is 0 Å². The van der Waals surface area contributed by atoms with E-state index >= 15 is 0 Å². The molecule has 0 aliphatic carbocycles. The van der Waals surface area contributed by atoms with Crippen LogP contribution in [0.3, 0.4) is 0 Å². The first-order valence-corrected chi connectivity index (χ1v) is 5.47. The second-order valence-electron chi connectivity index (χ2n) is 2.88. The quantitative estimate of drug-likeness (QED) is 0.459. The highest BCUT2D eigenvalue weighted by Gasteiger charge is 2.33. The van der Waals surface area contributed by atoms with E-state index in [2.05, 4.69) is 0 Å². The summed E-state index contributed by atoms with van der Waals surface area (Å²) in [5.74, 6) is -0.408. The van der Waals surface area contributed by atoms with Crippen LogP contribution >= 0.6 is 7.59 Å². The summed E-state index contributed by atoms with van der Waals surface area (Å²) in [6.07, 6.45) is 1.31. The molecule has 1 aliphatic heterocycles. The minimum Gasteiger partial charge on any atom is -0.320 e. The van der Waals surface area contributed by atoms with Gasteiger partial charge in [-0.15, -0.1) is 0 Å². The maximum atomic E-state index is 11.2. The lowest BCUT2D eigenvalue weighted by Gasteiger charge is -2.32. The van der Waals surface area contributed by atoms with Gasteiger partial charge in [0.2, 0.25) is 5.91 Å². The van der Waals surface area contributed by atoms with Crippen molar-refractivity contribution in [3.8, 4) is 0 Å². The summed E-state index contributed by atoms with van der Waals surface area (Å²) >= 11 is 0. The molecule has 6 N–H and O–H groups in total. The van der Waals surface area contributed by atoms with E-state index in [-0.39, 0.29) is 0 Å². The number of hydrogen-bond acceptors (Lipinski definition) is 3. The lowest BCUT2D eigenvalue weighted by molar-refractivity contribution is -0.129. The zero-order chi connectivity index (χ0) is 9.35. The largest absolute Gasteiger partial charge is 0.320 e. The highest BCUT2D eigenvalue weighted by Crippen LogP contribution is 2.34. The zero-order valence-electron chi connectivity index (χ0n) is 6.64. The standard InChI is InChI=1S/C5H13N4O2P/c6-4-2-1-3-9(5(4)10)12(7,8)11/h4H,1-3,6H2,(H4,7,8,11)/t4-/m0/s1. The third-order valence-corrected chi connectivity index (χ3v) is 2.99. The second-order valence-corrected chi connectivity index (χ2v) is 4.71. The normalized spacial score (nSPS) is 26.1. The number of hydrogen-bond donors (Lipinski definition) is 3. The van der Waals surface area contributed by atoms with E-state index in [0.29, 0.717) is 19.4 Å². The van der Waals surface area contributed by atoms with Crippen molar-refractivity contribution in [3.05, 3.63) is 0 Å². The molecule has 0 spiro atoms. The Kier molecular flexibility index (Phi) is 2.53. The molecular formula is C5H13N4O2P. The van der Waals surface area contributed by atoms with Crippen molar-refractivity contribution in [1.82, 2.24) is 4.67 Å². The average molecular weight is 192 g/mol. The highest BCUT2D eigenvalue weighted by molar-refractivity contribution is 7.57. The van der Waals surface area contributed by atoms with Crippen LogP contribution in [0.2, 0.25) is 0 Å². The van der Waals surface area contributed by atoms with E-state index in [1.165, 1.54) is 0 Å². The molecule has 7 heteroatoms. The van der Waals surface area contributed by atoms with Gasteiger partial charge < -0.3 is 5.73 Å². The van der Waals surface area contributed by atoms with Crippen molar-refractivity contribution < 1.29 is 9.36 Å². The van der Waals surface area contributed by atoms with E-state index in [0.717, 1.165) is 4.67 Å². The summed E-state index contributed by atoms with van der Waals surface area (Å²) < 4.78 is 12.1. The Hall–Kier alpha value is -0.420. The first-order valence-electron chi connectivity index (χ1n) is 3.67. The van der Waals surface area contributed by atoms with Crippen LogP contribution in [0.25, 0.3) is 0 Å². The van der Waals surface area contributed by atoms with E-state index in [1.54, 1.807) is 0 Å². The number of nitrogens with two attached hydrogens (primary N) is 3. The lowest BCUT2D eigenvalue weighted by Crippen LogP contribution is -2.48. The van der Waals surface area contributed by atoms with Gasteiger partial charge in [-0.2, -0.15) is 0 Å². The molecule has 0 aromatic carbocycles. The summed E-state index contributed by atoms with van der Waals surface area (Å²) in [5.41, 5.74) is 15.7. The molecule has 1 heterocycles. The number of rotatable bonds is 1. The van der Waals surface area contributed by atoms with Crippen molar-refractivity contribution in [2.24, 2.45) is 16.7 Å². The minimum atomic E-state index is -3.43. The Morgan fingerprint density at radius 2 is 2.08 bits per heavy atom. The molecule has 0 saturated carbocycles. The van der Waals surface area contributed by atoms with E-state index in [1.807, 2.05) is 0 Å². The number of nitrogens with zero attached hydrogens (tertiary/aromatic N) is 1. The Balaban J connectivity index is 2.78. The molecule has 70 valence electrons. The summed E-state index contributed by atoms with van der Waals surface area (Å²) in [5, 5.41) is 0. The topological polar surface area (TPSA) is 115 Å². The lowest BCUT2D eigenvalue weighted by atomic mass is 10.1. The monoisotopic (exact) mass is 192 g/mol. The summed E-state index contributed by atoms with van der Waals surface area (Å²) in [6.45, 7) is 0.344. The average Bonchev–Trinajstić information content (AvgIpc) is 1.92. The molecule has 1 rings (SSSR count). The fraction of sp³-hybridized carbons (Fsp3) is 0.800.